The lowest BCUT2D eigenvalue weighted by Gasteiger charge is -2.26. The van der Waals surface area contributed by atoms with Gasteiger partial charge in [0.05, 0.1) is 40.4 Å². The quantitative estimate of drug-likeness (QED) is 0.0741. The largest absolute Gasteiger partial charge is 0.480 e. The zero-order chi connectivity index (χ0) is 36.2. The van der Waals surface area contributed by atoms with E-state index in [0.29, 0.717) is 0 Å². The number of carboxylic acids is 2. The SMILES string of the molecule is COC(=O)C(Cc1c[nH]c2ccccc12)NC(=O)CN(CCN(CC(=O)O)CC(=O)NC(Cc1c[nH]c2ccccc12)C(=O)OC)CC(=O)O. The Labute approximate surface area is 286 Å². The van der Waals surface area contributed by atoms with Crippen LogP contribution in [0, 0.1) is 0 Å². The van der Waals surface area contributed by atoms with Gasteiger partial charge in [0, 0.05) is 60.1 Å². The maximum atomic E-state index is 13.1. The summed E-state index contributed by atoms with van der Waals surface area (Å²) in [5.41, 5.74) is 3.22. The smallest absolute Gasteiger partial charge is 0.328 e. The number of amides is 2. The topological polar surface area (TPSA) is 223 Å². The number of nitrogens with zero attached hydrogens (tertiary/aromatic N) is 2. The number of aromatic nitrogens is 2. The van der Waals surface area contributed by atoms with E-state index in [4.69, 9.17) is 9.47 Å². The van der Waals surface area contributed by atoms with Crippen LogP contribution in [-0.4, -0.2) is 131 Å². The number of carboxylic acid groups (broad SMARTS) is 2. The Hall–Kier alpha value is -5.74. The summed E-state index contributed by atoms with van der Waals surface area (Å²) in [5.74, 6) is -5.21. The molecule has 0 aliphatic heterocycles. The van der Waals surface area contributed by atoms with Crippen LogP contribution >= 0.6 is 0 Å². The Morgan fingerprint density at radius 2 is 1.02 bits per heavy atom. The highest BCUT2D eigenvalue weighted by Crippen LogP contribution is 2.20. The van der Waals surface area contributed by atoms with Crippen molar-refractivity contribution in [2.45, 2.75) is 24.9 Å². The van der Waals surface area contributed by atoms with Gasteiger partial charge in [-0.15, -0.1) is 0 Å². The molecule has 0 aliphatic carbocycles. The summed E-state index contributed by atoms with van der Waals surface area (Å²) in [6, 6.07) is 12.7. The number of hydrogen-bond acceptors (Lipinski definition) is 10. The van der Waals surface area contributed by atoms with Crippen molar-refractivity contribution in [1.29, 1.82) is 0 Å². The molecule has 2 amide bonds. The molecule has 50 heavy (non-hydrogen) atoms. The van der Waals surface area contributed by atoms with Gasteiger partial charge in [-0.05, 0) is 23.3 Å². The van der Waals surface area contributed by atoms with Crippen LogP contribution in [0.5, 0.6) is 0 Å². The number of benzene rings is 2. The summed E-state index contributed by atoms with van der Waals surface area (Å²) in [4.78, 5) is 83.4. The molecular weight excluding hydrogens is 652 g/mol. The molecule has 0 radical (unpaired) electrons. The third-order valence-electron chi connectivity index (χ3n) is 8.02. The molecule has 0 bridgehead atoms. The van der Waals surface area contributed by atoms with Crippen molar-refractivity contribution in [3.8, 4) is 0 Å². The molecule has 16 heteroatoms. The molecule has 4 aromatic rings. The third kappa shape index (κ3) is 10.4. The minimum absolute atomic E-state index is 0.107. The molecule has 0 aliphatic rings. The van der Waals surface area contributed by atoms with Gasteiger partial charge in [-0.1, -0.05) is 36.4 Å². The fraction of sp³-hybridized carbons (Fsp3) is 0.353. The number of hydrogen-bond donors (Lipinski definition) is 6. The van der Waals surface area contributed by atoms with Gasteiger partial charge in [-0.25, -0.2) is 9.59 Å². The van der Waals surface area contributed by atoms with Crippen molar-refractivity contribution in [2.75, 3.05) is 53.5 Å². The number of fused-ring (bicyclic) bond motifs is 2. The Bertz CT molecular complexity index is 1700. The second kappa shape index (κ2) is 17.6. The minimum atomic E-state index is -1.25. The summed E-state index contributed by atoms with van der Waals surface area (Å²) >= 11 is 0. The standard InChI is InChI=1S/C34H40N6O10/c1-49-33(47)27(13-21-15-35-25-9-5-3-7-23(21)25)37-29(41)17-39(19-31(43)44)11-12-40(20-32(45)46)18-30(42)38-28(34(48)50-2)14-22-16-36-26-10-6-4-8-24(22)26/h3-10,15-16,27-28,35-36H,11-14,17-20H2,1-2H3,(H,37,41)(H,38,42)(H,43,44)(H,45,46). The van der Waals surface area contributed by atoms with Crippen LogP contribution in [0.1, 0.15) is 11.1 Å². The lowest BCUT2D eigenvalue weighted by atomic mass is 10.0. The van der Waals surface area contributed by atoms with Crippen LogP contribution < -0.4 is 10.6 Å². The first-order valence-electron chi connectivity index (χ1n) is 15.7. The molecule has 0 saturated carbocycles. The fourth-order valence-electron chi connectivity index (χ4n) is 5.69. The predicted octanol–water partition coefficient (Wildman–Crippen LogP) is 0.523. The van der Waals surface area contributed by atoms with Gasteiger partial charge in [0.2, 0.25) is 11.8 Å². The molecule has 0 spiro atoms. The number of nitrogens with one attached hydrogen (secondary N) is 4. The second-order valence-electron chi connectivity index (χ2n) is 11.6. The Morgan fingerprint density at radius 3 is 1.38 bits per heavy atom. The normalized spacial score (nSPS) is 12.5. The lowest BCUT2D eigenvalue weighted by Crippen LogP contribution is -2.51. The molecule has 2 unspecified atom stereocenters. The van der Waals surface area contributed by atoms with E-state index < -0.39 is 74.0 Å². The Balaban J connectivity index is 1.39. The van der Waals surface area contributed by atoms with Crippen LogP contribution in [0.25, 0.3) is 21.8 Å². The van der Waals surface area contributed by atoms with Gasteiger partial charge in [0.25, 0.3) is 0 Å². The highest BCUT2D eigenvalue weighted by atomic mass is 16.5. The van der Waals surface area contributed by atoms with E-state index in [9.17, 15) is 39.0 Å². The number of carbonyl (C=O) groups is 6. The van der Waals surface area contributed by atoms with Crippen molar-refractivity contribution >= 4 is 57.5 Å². The van der Waals surface area contributed by atoms with E-state index in [-0.39, 0.29) is 25.9 Å². The number of carbonyl (C=O) groups excluding carboxylic acids is 4. The first kappa shape index (κ1) is 37.1. The average molecular weight is 693 g/mol. The second-order valence-corrected chi connectivity index (χ2v) is 11.6. The summed E-state index contributed by atoms with van der Waals surface area (Å²) in [6.07, 6.45) is 3.67. The van der Waals surface area contributed by atoms with Gasteiger partial charge in [-0.3, -0.25) is 29.0 Å². The number of methoxy groups -OCH3 is 2. The summed E-state index contributed by atoms with van der Waals surface area (Å²) in [7, 11) is 2.38. The van der Waals surface area contributed by atoms with E-state index in [1.54, 1.807) is 12.4 Å². The molecule has 4 rings (SSSR count). The van der Waals surface area contributed by atoms with Crippen molar-refractivity contribution in [2.24, 2.45) is 0 Å². The molecule has 0 fully saturated rings. The van der Waals surface area contributed by atoms with Gasteiger partial charge < -0.3 is 40.3 Å². The van der Waals surface area contributed by atoms with Gasteiger partial charge >= 0.3 is 23.9 Å². The minimum Gasteiger partial charge on any atom is -0.480 e. The zero-order valence-corrected chi connectivity index (χ0v) is 27.6. The first-order valence-corrected chi connectivity index (χ1v) is 15.7. The van der Waals surface area contributed by atoms with E-state index in [0.717, 1.165) is 32.9 Å². The predicted molar refractivity (Wildman–Crippen MR) is 180 cm³/mol. The molecular formula is C34H40N6O10. The van der Waals surface area contributed by atoms with Crippen molar-refractivity contribution < 1.29 is 48.5 Å². The highest BCUT2D eigenvalue weighted by molar-refractivity contribution is 5.89. The number of aliphatic carboxylic acids is 2. The number of H-pyrrole nitrogens is 2. The first-order chi connectivity index (χ1) is 24.0. The summed E-state index contributed by atoms with van der Waals surface area (Å²) in [6.45, 7) is -2.31. The van der Waals surface area contributed by atoms with E-state index in [1.165, 1.54) is 24.0 Å². The van der Waals surface area contributed by atoms with E-state index in [1.807, 2.05) is 48.5 Å². The lowest BCUT2D eigenvalue weighted by molar-refractivity contribution is -0.146. The molecule has 0 saturated heterocycles. The number of rotatable bonds is 19. The number of aromatic amines is 2. The number of para-hydroxylation sites is 2. The van der Waals surface area contributed by atoms with E-state index >= 15 is 0 Å². The number of ether oxygens (including phenoxy) is 2. The van der Waals surface area contributed by atoms with Crippen LogP contribution in [-0.2, 0) is 51.1 Å². The third-order valence-corrected chi connectivity index (χ3v) is 8.02. The maximum absolute atomic E-state index is 13.1. The van der Waals surface area contributed by atoms with Gasteiger partial charge in [0.1, 0.15) is 12.1 Å². The van der Waals surface area contributed by atoms with Gasteiger partial charge in [-0.2, -0.15) is 0 Å². The van der Waals surface area contributed by atoms with Crippen LogP contribution in [0.4, 0.5) is 0 Å². The fourth-order valence-corrected chi connectivity index (χ4v) is 5.69. The number of esters is 2. The maximum Gasteiger partial charge on any atom is 0.328 e. The summed E-state index contributed by atoms with van der Waals surface area (Å²) in [5, 5.41) is 26.0. The van der Waals surface area contributed by atoms with Crippen LogP contribution in [0.15, 0.2) is 60.9 Å². The molecule has 2 aromatic carbocycles. The monoisotopic (exact) mass is 692 g/mol. The summed E-state index contributed by atoms with van der Waals surface area (Å²) < 4.78 is 9.78. The molecule has 2 aromatic heterocycles. The van der Waals surface area contributed by atoms with Crippen molar-refractivity contribution in [3.05, 3.63) is 72.1 Å². The van der Waals surface area contributed by atoms with Crippen LogP contribution in [0.3, 0.4) is 0 Å². The zero-order valence-electron chi connectivity index (χ0n) is 27.6. The average Bonchev–Trinajstić information content (AvgIpc) is 3.69. The molecule has 2 heterocycles. The Kier molecular flexibility index (Phi) is 13.1. The van der Waals surface area contributed by atoms with Crippen molar-refractivity contribution in [3.63, 3.8) is 0 Å². The molecule has 6 N–H and O–H groups in total. The van der Waals surface area contributed by atoms with E-state index in [2.05, 4.69) is 20.6 Å². The van der Waals surface area contributed by atoms with Crippen LogP contribution in [0.2, 0.25) is 0 Å². The van der Waals surface area contributed by atoms with Crippen molar-refractivity contribution in [1.82, 2.24) is 30.4 Å². The highest BCUT2D eigenvalue weighted by Gasteiger charge is 2.27. The molecule has 266 valence electrons. The van der Waals surface area contributed by atoms with Gasteiger partial charge in [0.15, 0.2) is 0 Å². The Morgan fingerprint density at radius 1 is 0.640 bits per heavy atom. The molecule has 2 atom stereocenters. The molecule has 16 nitrogen and oxygen atoms in total.